The Labute approximate surface area is 108 Å². The Morgan fingerprint density at radius 1 is 1.00 bits per heavy atom. The van der Waals surface area contributed by atoms with Crippen molar-refractivity contribution in [3.8, 4) is 0 Å². The quantitative estimate of drug-likeness (QED) is 0.865. The number of benzene rings is 1. The minimum absolute atomic E-state index is 0.148. The van der Waals surface area contributed by atoms with Gasteiger partial charge in [-0.25, -0.2) is 4.39 Å². The fourth-order valence-corrected chi connectivity index (χ4v) is 3.36. The lowest BCUT2D eigenvalue weighted by Crippen LogP contribution is -2.36. The van der Waals surface area contributed by atoms with Gasteiger partial charge in [-0.15, -0.1) is 0 Å². The molecule has 1 aromatic carbocycles. The molecule has 0 saturated carbocycles. The fourth-order valence-electron chi connectivity index (χ4n) is 3.36. The van der Waals surface area contributed by atoms with Gasteiger partial charge in [-0.1, -0.05) is 0 Å². The first-order valence-electron chi connectivity index (χ1n) is 7.04. The summed E-state index contributed by atoms with van der Waals surface area (Å²) in [6, 6.07) is 6.91. The smallest absolute Gasteiger partial charge is 0.123 e. The van der Waals surface area contributed by atoms with Crippen LogP contribution in [0, 0.1) is 17.7 Å². The molecule has 3 heteroatoms. The average Bonchev–Trinajstić information content (AvgIpc) is 2.94. The number of nitrogens with one attached hydrogen (secondary N) is 1. The van der Waals surface area contributed by atoms with Crippen molar-refractivity contribution in [3.63, 3.8) is 0 Å². The van der Waals surface area contributed by atoms with Crippen LogP contribution in [0.15, 0.2) is 24.3 Å². The Bertz CT molecular complexity index is 376. The molecule has 2 saturated heterocycles. The van der Waals surface area contributed by atoms with Crippen LogP contribution in [0.2, 0.25) is 0 Å². The zero-order valence-electron chi connectivity index (χ0n) is 10.7. The summed E-state index contributed by atoms with van der Waals surface area (Å²) in [6.45, 7) is 4.64. The van der Waals surface area contributed by atoms with E-state index in [9.17, 15) is 4.39 Å². The van der Waals surface area contributed by atoms with Crippen LogP contribution >= 0.6 is 0 Å². The molecule has 1 N–H and O–H groups in total. The largest absolute Gasteiger partial charge is 0.372 e. The third-order valence-electron chi connectivity index (χ3n) is 4.50. The molecular formula is C15H21FN2. The fraction of sp³-hybridized carbons (Fsp3) is 0.600. The van der Waals surface area contributed by atoms with Crippen LogP contribution in [-0.2, 0) is 0 Å². The monoisotopic (exact) mass is 248 g/mol. The zero-order chi connectivity index (χ0) is 12.4. The molecule has 2 aliphatic heterocycles. The van der Waals surface area contributed by atoms with E-state index in [-0.39, 0.29) is 5.82 Å². The first-order valence-corrected chi connectivity index (χ1v) is 7.04. The van der Waals surface area contributed by atoms with Gasteiger partial charge in [0.25, 0.3) is 0 Å². The van der Waals surface area contributed by atoms with Crippen molar-refractivity contribution >= 4 is 5.69 Å². The van der Waals surface area contributed by atoms with E-state index in [1.165, 1.54) is 38.0 Å². The topological polar surface area (TPSA) is 15.3 Å². The second-order valence-electron chi connectivity index (χ2n) is 5.55. The second-order valence-corrected chi connectivity index (χ2v) is 5.55. The maximum Gasteiger partial charge on any atom is 0.123 e. The molecule has 0 radical (unpaired) electrons. The molecule has 0 spiro atoms. The van der Waals surface area contributed by atoms with Gasteiger partial charge in [0, 0.05) is 18.8 Å². The Morgan fingerprint density at radius 2 is 1.72 bits per heavy atom. The number of anilines is 1. The van der Waals surface area contributed by atoms with Gasteiger partial charge in [0.2, 0.25) is 0 Å². The lowest BCUT2D eigenvalue weighted by atomic mass is 9.83. The highest BCUT2D eigenvalue weighted by atomic mass is 19.1. The first-order chi connectivity index (χ1) is 8.83. The summed E-state index contributed by atoms with van der Waals surface area (Å²) in [5.41, 5.74) is 1.17. The van der Waals surface area contributed by atoms with E-state index in [0.717, 1.165) is 24.9 Å². The van der Waals surface area contributed by atoms with Crippen molar-refractivity contribution in [3.05, 3.63) is 30.1 Å². The van der Waals surface area contributed by atoms with Crippen LogP contribution in [0.1, 0.15) is 19.3 Å². The van der Waals surface area contributed by atoms with Gasteiger partial charge >= 0.3 is 0 Å². The Hall–Kier alpha value is -1.09. The van der Waals surface area contributed by atoms with Gasteiger partial charge in [0.1, 0.15) is 5.82 Å². The molecule has 1 aromatic rings. The molecule has 2 aliphatic rings. The number of hydrogen-bond donors (Lipinski definition) is 1. The predicted molar refractivity (Wildman–Crippen MR) is 72.3 cm³/mol. The molecule has 0 aliphatic carbocycles. The summed E-state index contributed by atoms with van der Waals surface area (Å²) >= 11 is 0. The van der Waals surface area contributed by atoms with E-state index in [4.69, 9.17) is 0 Å². The van der Waals surface area contributed by atoms with Crippen molar-refractivity contribution in [2.24, 2.45) is 11.8 Å². The van der Waals surface area contributed by atoms with Crippen LogP contribution in [0.5, 0.6) is 0 Å². The van der Waals surface area contributed by atoms with E-state index in [0.29, 0.717) is 0 Å². The summed E-state index contributed by atoms with van der Waals surface area (Å²) in [4.78, 5) is 2.39. The van der Waals surface area contributed by atoms with E-state index < -0.39 is 0 Å². The standard InChI is InChI=1S/C15H21FN2/c16-14-1-3-15(4-2-14)18-9-6-12(7-10-18)13-5-8-17-11-13/h1-4,12-13,17H,5-11H2. The Morgan fingerprint density at radius 3 is 2.33 bits per heavy atom. The van der Waals surface area contributed by atoms with Gasteiger partial charge in [0.05, 0.1) is 0 Å². The Kier molecular flexibility index (Phi) is 3.50. The summed E-state index contributed by atoms with van der Waals surface area (Å²) in [6.07, 6.45) is 3.91. The van der Waals surface area contributed by atoms with Gasteiger partial charge in [-0.05, 0) is 68.5 Å². The molecule has 0 aromatic heterocycles. The molecule has 2 heterocycles. The number of halogens is 1. The summed E-state index contributed by atoms with van der Waals surface area (Å²) < 4.78 is 12.9. The highest BCUT2D eigenvalue weighted by Crippen LogP contribution is 2.30. The average molecular weight is 248 g/mol. The van der Waals surface area contributed by atoms with Crippen molar-refractivity contribution in [1.82, 2.24) is 5.32 Å². The van der Waals surface area contributed by atoms with E-state index in [2.05, 4.69) is 10.2 Å². The van der Waals surface area contributed by atoms with Crippen molar-refractivity contribution in [1.29, 1.82) is 0 Å². The van der Waals surface area contributed by atoms with E-state index >= 15 is 0 Å². The summed E-state index contributed by atoms with van der Waals surface area (Å²) in [5, 5.41) is 3.46. The van der Waals surface area contributed by atoms with Crippen LogP contribution in [0.25, 0.3) is 0 Å². The number of hydrogen-bond acceptors (Lipinski definition) is 2. The maximum absolute atomic E-state index is 12.9. The summed E-state index contributed by atoms with van der Waals surface area (Å²) in [7, 11) is 0. The molecule has 3 rings (SSSR count). The first kappa shape index (κ1) is 12.0. The predicted octanol–water partition coefficient (Wildman–Crippen LogP) is 2.65. The molecule has 98 valence electrons. The van der Waals surface area contributed by atoms with Gasteiger partial charge in [-0.3, -0.25) is 0 Å². The van der Waals surface area contributed by atoms with Crippen LogP contribution in [-0.4, -0.2) is 26.2 Å². The third-order valence-corrected chi connectivity index (χ3v) is 4.50. The number of rotatable bonds is 2. The Balaban J connectivity index is 1.57. The normalized spacial score (nSPS) is 25.6. The van der Waals surface area contributed by atoms with Crippen molar-refractivity contribution in [2.45, 2.75) is 19.3 Å². The molecule has 1 atom stereocenters. The zero-order valence-corrected chi connectivity index (χ0v) is 10.7. The van der Waals surface area contributed by atoms with Crippen LogP contribution in [0.3, 0.4) is 0 Å². The molecule has 0 bridgehead atoms. The van der Waals surface area contributed by atoms with Crippen molar-refractivity contribution < 1.29 is 4.39 Å². The highest BCUT2D eigenvalue weighted by molar-refractivity contribution is 5.46. The molecule has 0 amide bonds. The third kappa shape index (κ3) is 2.51. The molecular weight excluding hydrogens is 227 g/mol. The highest BCUT2D eigenvalue weighted by Gasteiger charge is 2.28. The molecule has 2 fully saturated rings. The van der Waals surface area contributed by atoms with E-state index in [1.807, 2.05) is 12.1 Å². The van der Waals surface area contributed by atoms with Gasteiger partial charge < -0.3 is 10.2 Å². The molecule has 1 unspecified atom stereocenters. The van der Waals surface area contributed by atoms with Gasteiger partial charge in [0.15, 0.2) is 0 Å². The molecule has 2 nitrogen and oxygen atoms in total. The van der Waals surface area contributed by atoms with Gasteiger partial charge in [-0.2, -0.15) is 0 Å². The lowest BCUT2D eigenvalue weighted by Gasteiger charge is -2.36. The SMILES string of the molecule is Fc1ccc(N2CCC(C3CCNC3)CC2)cc1. The van der Waals surface area contributed by atoms with Crippen LogP contribution in [0.4, 0.5) is 10.1 Å². The second kappa shape index (κ2) is 5.27. The number of piperidine rings is 1. The van der Waals surface area contributed by atoms with E-state index in [1.54, 1.807) is 12.1 Å². The minimum Gasteiger partial charge on any atom is -0.372 e. The van der Waals surface area contributed by atoms with Crippen LogP contribution < -0.4 is 10.2 Å². The summed E-state index contributed by atoms with van der Waals surface area (Å²) in [5.74, 6) is 1.63. The molecule has 18 heavy (non-hydrogen) atoms. The minimum atomic E-state index is -0.148. The maximum atomic E-state index is 12.9. The number of nitrogens with zero attached hydrogens (tertiary/aromatic N) is 1. The van der Waals surface area contributed by atoms with Crippen molar-refractivity contribution in [2.75, 3.05) is 31.1 Å². The lowest BCUT2D eigenvalue weighted by molar-refractivity contribution is 0.292.